The highest BCUT2D eigenvalue weighted by Crippen LogP contribution is 2.41. The molecule has 1 unspecified atom stereocenters. The minimum atomic E-state index is -0.272. The summed E-state index contributed by atoms with van der Waals surface area (Å²) in [6.07, 6.45) is 7.98. The lowest BCUT2D eigenvalue weighted by Crippen LogP contribution is -2.43. The van der Waals surface area contributed by atoms with Crippen molar-refractivity contribution in [2.75, 3.05) is 19.6 Å². The molecule has 1 saturated heterocycles. The first-order valence-corrected chi connectivity index (χ1v) is 8.86. The van der Waals surface area contributed by atoms with Crippen LogP contribution < -0.4 is 10.6 Å². The molecule has 1 saturated carbocycles. The summed E-state index contributed by atoms with van der Waals surface area (Å²) >= 11 is 0. The van der Waals surface area contributed by atoms with Crippen LogP contribution in [0.5, 0.6) is 0 Å². The van der Waals surface area contributed by atoms with Crippen LogP contribution in [-0.4, -0.2) is 25.5 Å². The number of rotatable bonds is 5. The second-order valence-corrected chi connectivity index (χ2v) is 6.91. The number of piperidine rings is 1. The molecule has 1 aliphatic carbocycles. The zero-order valence-corrected chi connectivity index (χ0v) is 14.7. The number of hydrogen-bond donors (Lipinski definition) is 2. The largest absolute Gasteiger partial charge is 0.355 e. The van der Waals surface area contributed by atoms with Crippen LogP contribution in [0.4, 0.5) is 0 Å². The van der Waals surface area contributed by atoms with E-state index in [1.807, 2.05) is 6.07 Å². The van der Waals surface area contributed by atoms with Crippen molar-refractivity contribution in [3.05, 3.63) is 35.9 Å². The van der Waals surface area contributed by atoms with E-state index in [4.69, 9.17) is 0 Å². The fraction of sp³-hybridized carbons (Fsp3) is 0.632. The van der Waals surface area contributed by atoms with Crippen LogP contribution in [0.25, 0.3) is 0 Å². The molecule has 0 bridgehead atoms. The smallest absolute Gasteiger partial charge is 0.230 e. The second kappa shape index (κ2) is 8.70. The lowest BCUT2D eigenvalue weighted by molar-refractivity contribution is -0.126. The van der Waals surface area contributed by atoms with Crippen molar-refractivity contribution in [1.82, 2.24) is 10.6 Å². The number of carbonyl (C=O) groups is 1. The molecule has 4 heteroatoms. The molecule has 128 valence electrons. The molecule has 1 aromatic carbocycles. The van der Waals surface area contributed by atoms with E-state index >= 15 is 0 Å². The average Bonchev–Trinajstić information content (AvgIpc) is 3.08. The number of benzene rings is 1. The van der Waals surface area contributed by atoms with Crippen LogP contribution in [-0.2, 0) is 10.2 Å². The number of hydrogen-bond acceptors (Lipinski definition) is 2. The van der Waals surface area contributed by atoms with Gasteiger partial charge in [-0.1, -0.05) is 43.2 Å². The van der Waals surface area contributed by atoms with Gasteiger partial charge >= 0.3 is 0 Å². The van der Waals surface area contributed by atoms with E-state index in [2.05, 4.69) is 34.9 Å². The third-order valence-electron chi connectivity index (χ3n) is 5.46. The third-order valence-corrected chi connectivity index (χ3v) is 5.46. The minimum Gasteiger partial charge on any atom is -0.355 e. The molecule has 2 N–H and O–H groups in total. The average molecular weight is 337 g/mol. The molecule has 0 aromatic heterocycles. The number of amides is 1. The third kappa shape index (κ3) is 4.27. The maximum Gasteiger partial charge on any atom is 0.230 e. The Kier molecular flexibility index (Phi) is 6.91. The normalized spacial score (nSPS) is 23.0. The molecule has 1 aliphatic heterocycles. The Hall–Kier alpha value is -1.06. The Bertz CT molecular complexity index is 479. The summed E-state index contributed by atoms with van der Waals surface area (Å²) in [6, 6.07) is 10.4. The summed E-state index contributed by atoms with van der Waals surface area (Å²) in [5.74, 6) is 0.977. The fourth-order valence-corrected chi connectivity index (χ4v) is 4.11. The predicted molar refractivity (Wildman–Crippen MR) is 97.1 cm³/mol. The van der Waals surface area contributed by atoms with Crippen molar-refractivity contribution in [3.63, 3.8) is 0 Å². The Morgan fingerprint density at radius 2 is 1.91 bits per heavy atom. The summed E-state index contributed by atoms with van der Waals surface area (Å²) in [5.41, 5.74) is 0.927. The molecule has 2 fully saturated rings. The van der Waals surface area contributed by atoms with Gasteiger partial charge in [0.15, 0.2) is 0 Å². The molecular weight excluding hydrogens is 308 g/mol. The van der Waals surface area contributed by atoms with Crippen LogP contribution in [0.1, 0.15) is 50.5 Å². The molecule has 2 aliphatic rings. The molecule has 0 radical (unpaired) electrons. The van der Waals surface area contributed by atoms with Gasteiger partial charge in [-0.15, -0.1) is 12.4 Å². The highest BCUT2D eigenvalue weighted by molar-refractivity contribution is 5.88. The Morgan fingerprint density at radius 3 is 2.57 bits per heavy atom. The van der Waals surface area contributed by atoms with E-state index in [9.17, 15) is 4.79 Å². The van der Waals surface area contributed by atoms with E-state index in [0.717, 1.165) is 57.7 Å². The van der Waals surface area contributed by atoms with E-state index in [0.29, 0.717) is 0 Å². The first-order valence-electron chi connectivity index (χ1n) is 8.86. The Labute approximate surface area is 146 Å². The van der Waals surface area contributed by atoms with Gasteiger partial charge in [0.05, 0.1) is 5.41 Å². The Balaban J connectivity index is 0.00000192. The van der Waals surface area contributed by atoms with Gasteiger partial charge in [0.2, 0.25) is 5.91 Å². The summed E-state index contributed by atoms with van der Waals surface area (Å²) in [6.45, 7) is 3.08. The maximum absolute atomic E-state index is 12.9. The van der Waals surface area contributed by atoms with Crippen LogP contribution in [0.15, 0.2) is 30.3 Å². The monoisotopic (exact) mass is 336 g/mol. The highest BCUT2D eigenvalue weighted by Gasteiger charge is 2.42. The van der Waals surface area contributed by atoms with Crippen molar-refractivity contribution < 1.29 is 4.79 Å². The van der Waals surface area contributed by atoms with Crippen molar-refractivity contribution in [2.45, 2.75) is 50.4 Å². The highest BCUT2D eigenvalue weighted by atomic mass is 35.5. The minimum absolute atomic E-state index is 0. The van der Waals surface area contributed by atoms with Crippen molar-refractivity contribution in [2.24, 2.45) is 5.92 Å². The van der Waals surface area contributed by atoms with Crippen LogP contribution in [0.2, 0.25) is 0 Å². The molecule has 3 rings (SSSR count). The Morgan fingerprint density at radius 1 is 1.17 bits per heavy atom. The SMILES string of the molecule is Cl.O=C(NCCC1CCCNC1)C1(c2ccccc2)CCCC1. The first kappa shape index (κ1) is 18.3. The van der Waals surface area contributed by atoms with Gasteiger partial charge in [-0.05, 0) is 56.7 Å². The summed E-state index contributed by atoms with van der Waals surface area (Å²) < 4.78 is 0. The van der Waals surface area contributed by atoms with E-state index in [1.165, 1.54) is 18.4 Å². The van der Waals surface area contributed by atoms with Crippen LogP contribution >= 0.6 is 12.4 Å². The molecule has 1 aromatic rings. The fourth-order valence-electron chi connectivity index (χ4n) is 4.11. The standard InChI is InChI=1S/C19H28N2O.ClH/c22-18(21-14-10-16-7-6-13-20-15-16)19(11-4-5-12-19)17-8-2-1-3-9-17;/h1-3,8-9,16,20H,4-7,10-15H2,(H,21,22);1H. The molecule has 0 spiro atoms. The van der Waals surface area contributed by atoms with Crippen LogP contribution in [0.3, 0.4) is 0 Å². The molecule has 1 atom stereocenters. The summed E-state index contributed by atoms with van der Waals surface area (Å²) in [5, 5.41) is 6.69. The maximum atomic E-state index is 12.9. The van der Waals surface area contributed by atoms with Gasteiger partial charge in [0, 0.05) is 6.54 Å². The summed E-state index contributed by atoms with van der Waals surface area (Å²) in [7, 11) is 0. The zero-order chi connectivity index (χ0) is 15.3. The topological polar surface area (TPSA) is 41.1 Å². The van der Waals surface area contributed by atoms with E-state index < -0.39 is 0 Å². The predicted octanol–water partition coefficient (Wildman–Crippen LogP) is 3.43. The number of carbonyl (C=O) groups excluding carboxylic acids is 1. The van der Waals surface area contributed by atoms with Gasteiger partial charge in [-0.2, -0.15) is 0 Å². The van der Waals surface area contributed by atoms with Crippen molar-refractivity contribution >= 4 is 18.3 Å². The van der Waals surface area contributed by atoms with Gasteiger partial charge in [-0.3, -0.25) is 4.79 Å². The number of nitrogens with one attached hydrogen (secondary N) is 2. The van der Waals surface area contributed by atoms with Crippen molar-refractivity contribution in [1.29, 1.82) is 0 Å². The van der Waals surface area contributed by atoms with Gasteiger partial charge < -0.3 is 10.6 Å². The van der Waals surface area contributed by atoms with Gasteiger partial charge in [-0.25, -0.2) is 0 Å². The molecule has 1 amide bonds. The van der Waals surface area contributed by atoms with Gasteiger partial charge in [0.25, 0.3) is 0 Å². The summed E-state index contributed by atoms with van der Waals surface area (Å²) in [4.78, 5) is 12.9. The first-order chi connectivity index (χ1) is 10.8. The number of halogens is 1. The lowest BCUT2D eigenvalue weighted by Gasteiger charge is -2.29. The van der Waals surface area contributed by atoms with Crippen LogP contribution in [0, 0.1) is 5.92 Å². The molecular formula is C19H29ClN2O. The van der Waals surface area contributed by atoms with Gasteiger partial charge in [0.1, 0.15) is 0 Å². The second-order valence-electron chi connectivity index (χ2n) is 6.91. The van der Waals surface area contributed by atoms with E-state index in [1.54, 1.807) is 0 Å². The molecule has 1 heterocycles. The van der Waals surface area contributed by atoms with Crippen molar-refractivity contribution in [3.8, 4) is 0 Å². The molecule has 23 heavy (non-hydrogen) atoms. The lowest BCUT2D eigenvalue weighted by atomic mass is 9.78. The van der Waals surface area contributed by atoms with E-state index in [-0.39, 0.29) is 23.7 Å². The molecule has 3 nitrogen and oxygen atoms in total. The zero-order valence-electron chi connectivity index (χ0n) is 13.9. The quantitative estimate of drug-likeness (QED) is 0.865.